The van der Waals surface area contributed by atoms with Gasteiger partial charge >= 0.3 is 0 Å². The molecule has 0 saturated carbocycles. The van der Waals surface area contributed by atoms with Gasteiger partial charge in [-0.15, -0.1) is 0 Å². The van der Waals surface area contributed by atoms with Crippen LogP contribution in [0.1, 0.15) is 161 Å². The number of thioether (sulfide) groups is 3. The van der Waals surface area contributed by atoms with Gasteiger partial charge in [0.05, 0.1) is 0 Å². The number of phenolic OH excluding ortho intramolecular Hbond substituents is 2. The van der Waals surface area contributed by atoms with E-state index in [2.05, 4.69) is 168 Å². The third kappa shape index (κ3) is 14.4. The number of hydrogen-bond donors (Lipinski definition) is 2. The van der Waals surface area contributed by atoms with Gasteiger partial charge < -0.3 is 29.2 Å². The highest BCUT2D eigenvalue weighted by atomic mass is 32.2. The molecular weight excluding hydrogens is 985 g/mol. The second-order valence-electron chi connectivity index (χ2n) is 24.6. The molecule has 0 atom stereocenters. The number of phenols is 2. The van der Waals surface area contributed by atoms with Crippen LogP contribution in [-0.2, 0) is 58.8 Å². The van der Waals surface area contributed by atoms with Crippen molar-refractivity contribution in [1.82, 2.24) is 0 Å². The van der Waals surface area contributed by atoms with Crippen LogP contribution in [0.5, 0.6) is 34.5 Å². The molecule has 1 aliphatic carbocycles. The van der Waals surface area contributed by atoms with Crippen molar-refractivity contribution < 1.29 is 29.2 Å². The summed E-state index contributed by atoms with van der Waals surface area (Å²) in [5.74, 6) is 9.94. The molecule has 6 nitrogen and oxygen atoms in total. The van der Waals surface area contributed by atoms with Crippen molar-refractivity contribution in [3.63, 3.8) is 0 Å². The largest absolute Gasteiger partial charge is 0.507 e. The van der Waals surface area contributed by atoms with E-state index < -0.39 is 0 Å². The summed E-state index contributed by atoms with van der Waals surface area (Å²) in [6, 6.07) is 34.6. The molecule has 0 unspecified atom stereocenters. The topological polar surface area (TPSA) is 77.4 Å². The van der Waals surface area contributed by atoms with E-state index in [0.717, 1.165) is 124 Å². The van der Waals surface area contributed by atoms with E-state index in [-0.39, 0.29) is 33.2 Å². The van der Waals surface area contributed by atoms with Gasteiger partial charge in [-0.25, -0.2) is 0 Å². The molecule has 2 heterocycles. The molecule has 0 amide bonds. The van der Waals surface area contributed by atoms with Crippen LogP contribution < -0.4 is 18.9 Å². The fourth-order valence-electron chi connectivity index (χ4n) is 9.84. The number of ether oxygens (including phenoxy) is 4. The van der Waals surface area contributed by atoms with Gasteiger partial charge in [-0.05, 0) is 101 Å². The molecule has 0 spiro atoms. The zero-order valence-corrected chi connectivity index (χ0v) is 49.3. The van der Waals surface area contributed by atoms with Crippen molar-refractivity contribution in [3.05, 3.63) is 175 Å². The summed E-state index contributed by atoms with van der Waals surface area (Å²) in [6.07, 6.45) is 1.73. The van der Waals surface area contributed by atoms with Crippen LogP contribution in [0.4, 0.5) is 0 Å². The third-order valence-electron chi connectivity index (χ3n) is 14.4. The zero-order chi connectivity index (χ0) is 53.7. The highest BCUT2D eigenvalue weighted by Crippen LogP contribution is 2.44. The Labute approximate surface area is 462 Å². The molecule has 9 rings (SSSR count). The van der Waals surface area contributed by atoms with E-state index in [1.807, 2.05) is 47.4 Å². The average Bonchev–Trinajstić information content (AvgIpc) is 3.33. The van der Waals surface area contributed by atoms with Crippen LogP contribution in [-0.4, -0.2) is 59.7 Å². The van der Waals surface area contributed by atoms with Crippen molar-refractivity contribution in [2.75, 3.05) is 49.4 Å². The molecule has 0 radical (unpaired) electrons. The molecule has 0 saturated heterocycles. The summed E-state index contributed by atoms with van der Waals surface area (Å²) in [5.41, 5.74) is 13.4. The summed E-state index contributed by atoms with van der Waals surface area (Å²) in [4.78, 5) is 0. The summed E-state index contributed by atoms with van der Waals surface area (Å²) < 4.78 is 27.3. The number of fused-ring (bicyclic) bond motifs is 14. The first kappa shape index (κ1) is 56.4. The minimum atomic E-state index is -0.216. The fraction of sp³-hybridized carbons (Fsp3) is 0.455. The van der Waals surface area contributed by atoms with Crippen LogP contribution >= 0.6 is 35.3 Å². The Morgan fingerprint density at radius 1 is 0.333 bits per heavy atom. The lowest BCUT2D eigenvalue weighted by Crippen LogP contribution is -2.18. The van der Waals surface area contributed by atoms with Crippen molar-refractivity contribution in [1.29, 1.82) is 0 Å². The van der Waals surface area contributed by atoms with Gasteiger partial charge in [0.15, 0.2) is 0 Å². The maximum Gasteiger partial charge on any atom is 0.126 e. The number of benzene rings is 6. The normalized spacial score (nSPS) is 15.9. The predicted molar refractivity (Wildman–Crippen MR) is 320 cm³/mol. The van der Waals surface area contributed by atoms with Gasteiger partial charge in [-0.1, -0.05) is 168 Å². The van der Waals surface area contributed by atoms with E-state index in [1.54, 1.807) is 0 Å². The molecule has 2 aliphatic heterocycles. The summed E-state index contributed by atoms with van der Waals surface area (Å²) in [7, 11) is 0. The average molecular weight is 1070 g/mol. The van der Waals surface area contributed by atoms with E-state index in [1.165, 1.54) is 11.1 Å². The summed E-state index contributed by atoms with van der Waals surface area (Å²) >= 11 is 5.91. The minimum Gasteiger partial charge on any atom is -0.507 e. The fourth-order valence-corrected chi connectivity index (χ4v) is 13.1. The van der Waals surface area contributed by atoms with Crippen LogP contribution in [0.25, 0.3) is 0 Å². The summed E-state index contributed by atoms with van der Waals surface area (Å²) in [6.45, 7) is 28.3. The van der Waals surface area contributed by atoms with Crippen LogP contribution in [0.2, 0.25) is 0 Å². The molecular formula is C66H82O6S3. The Balaban J connectivity index is 1.34. The molecule has 10 bridgehead atoms. The standard InChI is InChI=1S/C66H82O6S3/c1-63(2,3)53-33-45-29-49-37-55(65(7,8)9)39-51-31-47-35-54(64(4,5)6)36-48(60(47)68)32-52-40-56(66(10,11)12)38-50(30-46(34-53)59(45)67)62(52)72-24-22-70-58-20-16-14-18-44(58)42-75-28-26-73-25-27-74-41-43-17-13-15-19-57(43)69-21-23-71-61(49)51/h13-20,33-40,67-68H,21-32,41-42H2,1-12H3. The number of rotatable bonds is 0. The molecule has 0 fully saturated rings. The highest BCUT2D eigenvalue weighted by Gasteiger charge is 2.29. The summed E-state index contributed by atoms with van der Waals surface area (Å²) in [5, 5.41) is 25.6. The van der Waals surface area contributed by atoms with Gasteiger partial charge in [0.1, 0.15) is 60.9 Å². The lowest BCUT2D eigenvalue weighted by Gasteiger charge is -2.28. The molecule has 9 heteroatoms. The first-order valence-corrected chi connectivity index (χ1v) is 30.4. The molecule has 6 aromatic carbocycles. The first-order chi connectivity index (χ1) is 35.5. The van der Waals surface area contributed by atoms with E-state index in [9.17, 15) is 10.2 Å². The Hall–Kier alpha value is -4.83. The van der Waals surface area contributed by atoms with Crippen LogP contribution in [0, 0.1) is 0 Å². The van der Waals surface area contributed by atoms with Crippen molar-refractivity contribution in [2.45, 2.75) is 142 Å². The van der Waals surface area contributed by atoms with Crippen molar-refractivity contribution in [2.24, 2.45) is 0 Å². The Kier molecular flexibility index (Phi) is 17.9. The quantitative estimate of drug-likeness (QED) is 0.154. The minimum absolute atomic E-state index is 0.208. The lowest BCUT2D eigenvalue weighted by molar-refractivity contribution is 0.214. The van der Waals surface area contributed by atoms with Gasteiger partial charge in [0.25, 0.3) is 0 Å². The molecule has 75 heavy (non-hydrogen) atoms. The van der Waals surface area contributed by atoms with Crippen molar-refractivity contribution in [3.8, 4) is 34.5 Å². The molecule has 0 aromatic heterocycles. The first-order valence-electron chi connectivity index (χ1n) is 27.0. The zero-order valence-electron chi connectivity index (χ0n) is 46.9. The second kappa shape index (κ2) is 23.8. The van der Waals surface area contributed by atoms with E-state index in [4.69, 9.17) is 18.9 Å². The number of hydrogen-bond acceptors (Lipinski definition) is 9. The van der Waals surface area contributed by atoms with Gasteiger partial charge in [-0.2, -0.15) is 35.3 Å². The second-order valence-corrected chi connectivity index (χ2v) is 28.0. The Morgan fingerprint density at radius 3 is 0.907 bits per heavy atom. The Morgan fingerprint density at radius 2 is 0.600 bits per heavy atom. The van der Waals surface area contributed by atoms with Gasteiger partial charge in [0, 0.05) is 71.3 Å². The molecule has 6 aromatic rings. The van der Waals surface area contributed by atoms with Crippen molar-refractivity contribution >= 4 is 35.3 Å². The predicted octanol–water partition coefficient (Wildman–Crippen LogP) is 16.1. The molecule has 2 N–H and O–H groups in total. The maximum atomic E-state index is 12.8. The Bertz CT molecular complexity index is 2650. The lowest BCUT2D eigenvalue weighted by atomic mass is 9.79. The SMILES string of the molecule is CC(C)(C)c1cc2c(O)c(c1)Cc1cc(C(C)(C)C)cc3c1OCCOc1ccccc1CSCCSCCSCc1ccccc1OCCOc1c(cc(C(C)(C)C)cc1Cc1cc(C(C)(C)C)cc(c1O)C3)C2. The number of para-hydroxylation sites is 2. The third-order valence-corrected chi connectivity index (χ3v) is 17.9. The highest BCUT2D eigenvalue weighted by molar-refractivity contribution is 8.04. The smallest absolute Gasteiger partial charge is 0.126 e. The van der Waals surface area contributed by atoms with Gasteiger partial charge in [-0.3, -0.25) is 0 Å². The number of aromatic hydroxyl groups is 2. The maximum absolute atomic E-state index is 12.8. The molecule has 3 aliphatic rings. The van der Waals surface area contributed by atoms with Crippen LogP contribution in [0.3, 0.4) is 0 Å². The van der Waals surface area contributed by atoms with E-state index in [0.29, 0.717) is 52.1 Å². The monoisotopic (exact) mass is 1070 g/mol. The molecule has 400 valence electrons. The van der Waals surface area contributed by atoms with E-state index >= 15 is 0 Å². The van der Waals surface area contributed by atoms with Gasteiger partial charge in [0.2, 0.25) is 0 Å². The van der Waals surface area contributed by atoms with Crippen LogP contribution in [0.15, 0.2) is 97.1 Å².